The van der Waals surface area contributed by atoms with Gasteiger partial charge >= 0.3 is 0 Å². The van der Waals surface area contributed by atoms with Crippen LogP contribution in [0.2, 0.25) is 0 Å². The van der Waals surface area contributed by atoms with Gasteiger partial charge in [0.25, 0.3) is 5.91 Å². The zero-order chi connectivity index (χ0) is 36.4. The van der Waals surface area contributed by atoms with Gasteiger partial charge in [-0.05, 0) is 54.9 Å². The van der Waals surface area contributed by atoms with Crippen molar-refractivity contribution in [2.75, 3.05) is 13.2 Å². The van der Waals surface area contributed by atoms with Crippen LogP contribution in [0.5, 0.6) is 5.75 Å². The van der Waals surface area contributed by atoms with Crippen LogP contribution in [0.15, 0.2) is 84.9 Å². The maximum atomic E-state index is 13.7. The van der Waals surface area contributed by atoms with E-state index in [0.717, 1.165) is 36.8 Å². The smallest absolute Gasteiger partial charge is 0.255 e. The summed E-state index contributed by atoms with van der Waals surface area (Å²) in [5.41, 5.74) is 2.06. The van der Waals surface area contributed by atoms with Crippen LogP contribution >= 0.6 is 0 Å². The summed E-state index contributed by atoms with van der Waals surface area (Å²) >= 11 is 0. The van der Waals surface area contributed by atoms with Crippen LogP contribution in [0.3, 0.4) is 0 Å². The van der Waals surface area contributed by atoms with Crippen LogP contribution in [-0.2, 0) is 32.1 Å². The summed E-state index contributed by atoms with van der Waals surface area (Å²) in [5.74, 6) is -1.69. The predicted octanol–water partition coefficient (Wildman–Crippen LogP) is 4.21. The molecule has 11 nitrogen and oxygen atoms in total. The molecule has 0 unspecified atom stereocenters. The molecule has 3 aromatic carbocycles. The molecule has 51 heavy (non-hydrogen) atoms. The van der Waals surface area contributed by atoms with Crippen molar-refractivity contribution in [3.8, 4) is 5.75 Å². The van der Waals surface area contributed by atoms with E-state index in [1.165, 1.54) is 0 Å². The van der Waals surface area contributed by atoms with E-state index >= 15 is 0 Å². The Balaban J connectivity index is 1.55. The van der Waals surface area contributed by atoms with Gasteiger partial charge in [0, 0.05) is 25.9 Å². The van der Waals surface area contributed by atoms with Crippen molar-refractivity contribution in [1.82, 2.24) is 26.6 Å². The van der Waals surface area contributed by atoms with Gasteiger partial charge in [-0.1, -0.05) is 99.5 Å². The molecule has 0 bridgehead atoms. The lowest BCUT2D eigenvalue weighted by atomic mass is 10.0. The summed E-state index contributed by atoms with van der Waals surface area (Å²) in [5, 5.41) is 14.4. The second kappa shape index (κ2) is 20.5. The summed E-state index contributed by atoms with van der Waals surface area (Å²) in [7, 11) is 0. The SMILES string of the molecule is CC(C)C[C@@H]1NC(=O)CC[C@@H](C(=O)NCc2ccccc2)NC(=O)c2ccccc2OCCCCCCNC(=O)[C@H](Cc2ccccc2)NC1=O. The summed E-state index contributed by atoms with van der Waals surface area (Å²) < 4.78 is 5.99. The van der Waals surface area contributed by atoms with Crippen molar-refractivity contribution in [3.05, 3.63) is 102 Å². The summed E-state index contributed by atoms with van der Waals surface area (Å²) in [4.78, 5) is 67.5. The number of hydrogen-bond donors (Lipinski definition) is 5. The Labute approximate surface area is 300 Å². The molecule has 11 heteroatoms. The summed E-state index contributed by atoms with van der Waals surface area (Å²) in [6.07, 6.45) is 3.67. The normalized spacial score (nSPS) is 20.2. The Kier molecular flexibility index (Phi) is 15.5. The van der Waals surface area contributed by atoms with Crippen LogP contribution < -0.4 is 31.3 Å². The maximum absolute atomic E-state index is 13.7. The molecule has 1 aliphatic rings. The second-order valence-corrected chi connectivity index (χ2v) is 13.3. The van der Waals surface area contributed by atoms with E-state index in [9.17, 15) is 24.0 Å². The average Bonchev–Trinajstić information content (AvgIpc) is 3.13. The van der Waals surface area contributed by atoms with Gasteiger partial charge in [-0.25, -0.2) is 0 Å². The van der Waals surface area contributed by atoms with Crippen LogP contribution in [0.25, 0.3) is 0 Å². The van der Waals surface area contributed by atoms with E-state index in [4.69, 9.17) is 4.74 Å². The van der Waals surface area contributed by atoms with Crippen molar-refractivity contribution in [1.29, 1.82) is 0 Å². The number of rotatable bonds is 7. The second-order valence-electron chi connectivity index (χ2n) is 13.3. The zero-order valence-corrected chi connectivity index (χ0v) is 29.6. The molecule has 5 amide bonds. The fourth-order valence-corrected chi connectivity index (χ4v) is 5.87. The van der Waals surface area contributed by atoms with Crippen molar-refractivity contribution in [3.63, 3.8) is 0 Å². The van der Waals surface area contributed by atoms with Crippen molar-refractivity contribution >= 4 is 29.5 Å². The van der Waals surface area contributed by atoms with Crippen LogP contribution in [0, 0.1) is 5.92 Å². The Morgan fingerprint density at radius 2 is 1.43 bits per heavy atom. The molecule has 0 spiro atoms. The molecule has 1 aliphatic heterocycles. The molecule has 0 aliphatic carbocycles. The van der Waals surface area contributed by atoms with E-state index in [0.29, 0.717) is 31.7 Å². The first-order chi connectivity index (χ1) is 24.7. The highest BCUT2D eigenvalue weighted by Crippen LogP contribution is 2.19. The number of amides is 5. The number of hydrogen-bond acceptors (Lipinski definition) is 6. The third kappa shape index (κ3) is 13.2. The molecule has 3 aromatic rings. The Morgan fingerprint density at radius 1 is 0.765 bits per heavy atom. The molecule has 4 rings (SSSR count). The Morgan fingerprint density at radius 3 is 2.16 bits per heavy atom. The van der Waals surface area contributed by atoms with Gasteiger partial charge in [-0.3, -0.25) is 24.0 Å². The number of nitrogens with one attached hydrogen (secondary N) is 5. The predicted molar refractivity (Wildman–Crippen MR) is 196 cm³/mol. The standard InChI is InChI=1S/C40H51N5O6/c1-28(2)25-33-40(50)45-34(26-29-15-7-5-8-16-29)39(49)41-23-13-3-4-14-24-51-35-20-12-11-19-31(35)37(47)44-32(21-22-36(46)43-33)38(48)42-27-30-17-9-6-10-18-30/h5-12,15-20,28,32-34H,3-4,13-14,21-27H2,1-2H3,(H,41,49)(H,42,48)(H,43,46)(H,44,47)(H,45,50)/t32-,33-,34-/m0/s1. The minimum Gasteiger partial charge on any atom is -0.493 e. The molecular formula is C40H51N5O6. The fourth-order valence-electron chi connectivity index (χ4n) is 5.87. The lowest BCUT2D eigenvalue weighted by Crippen LogP contribution is -2.55. The first kappa shape index (κ1) is 38.6. The van der Waals surface area contributed by atoms with Crippen molar-refractivity contribution in [2.24, 2.45) is 5.92 Å². The molecule has 5 N–H and O–H groups in total. The highest BCUT2D eigenvalue weighted by molar-refractivity contribution is 6.00. The van der Waals surface area contributed by atoms with E-state index in [2.05, 4.69) is 26.6 Å². The van der Waals surface area contributed by atoms with Gasteiger partial charge < -0.3 is 31.3 Å². The minimum absolute atomic E-state index is 0.0176. The van der Waals surface area contributed by atoms with Crippen molar-refractivity contribution < 1.29 is 28.7 Å². The summed E-state index contributed by atoms with van der Waals surface area (Å²) in [6, 6.07) is 22.9. The van der Waals surface area contributed by atoms with E-state index in [1.54, 1.807) is 24.3 Å². The molecule has 0 fully saturated rings. The number of ether oxygens (including phenoxy) is 1. The van der Waals surface area contributed by atoms with E-state index < -0.39 is 41.8 Å². The molecule has 0 saturated carbocycles. The quantitative estimate of drug-likeness (QED) is 0.249. The van der Waals surface area contributed by atoms with E-state index in [1.807, 2.05) is 74.5 Å². The van der Waals surface area contributed by atoms with Crippen LogP contribution in [0.4, 0.5) is 0 Å². The van der Waals surface area contributed by atoms with Gasteiger partial charge in [-0.15, -0.1) is 0 Å². The van der Waals surface area contributed by atoms with Crippen LogP contribution in [-0.4, -0.2) is 60.8 Å². The molecule has 3 atom stereocenters. The number of para-hydroxylation sites is 1. The monoisotopic (exact) mass is 697 g/mol. The Hall–Kier alpha value is -5.19. The maximum Gasteiger partial charge on any atom is 0.255 e. The molecular weight excluding hydrogens is 646 g/mol. The van der Waals surface area contributed by atoms with Gasteiger partial charge in [0.1, 0.15) is 23.9 Å². The lowest BCUT2D eigenvalue weighted by Gasteiger charge is -2.25. The number of fused-ring (bicyclic) bond motifs is 1. The van der Waals surface area contributed by atoms with Gasteiger partial charge in [0.2, 0.25) is 23.6 Å². The number of benzene rings is 3. The zero-order valence-electron chi connectivity index (χ0n) is 29.6. The van der Waals surface area contributed by atoms with Gasteiger partial charge in [0.05, 0.1) is 12.2 Å². The summed E-state index contributed by atoms with van der Waals surface area (Å²) in [6.45, 7) is 4.97. The fraction of sp³-hybridized carbons (Fsp3) is 0.425. The molecule has 0 radical (unpaired) electrons. The number of carbonyl (C=O) groups excluding carboxylic acids is 5. The lowest BCUT2D eigenvalue weighted by molar-refractivity contribution is -0.132. The molecule has 272 valence electrons. The molecule has 0 saturated heterocycles. The topological polar surface area (TPSA) is 155 Å². The first-order valence-corrected chi connectivity index (χ1v) is 17.9. The molecule has 0 aromatic heterocycles. The highest BCUT2D eigenvalue weighted by atomic mass is 16.5. The third-order valence-electron chi connectivity index (χ3n) is 8.63. The Bertz CT molecular complexity index is 1580. The first-order valence-electron chi connectivity index (χ1n) is 17.9. The van der Waals surface area contributed by atoms with Crippen molar-refractivity contribution in [2.45, 2.75) is 89.9 Å². The van der Waals surface area contributed by atoms with Crippen LogP contribution in [0.1, 0.15) is 80.3 Å². The molecule has 1 heterocycles. The van der Waals surface area contributed by atoms with Gasteiger partial charge in [0.15, 0.2) is 0 Å². The largest absolute Gasteiger partial charge is 0.493 e. The minimum atomic E-state index is -1.05. The number of carbonyl (C=O) groups is 5. The van der Waals surface area contributed by atoms with E-state index in [-0.39, 0.29) is 36.8 Å². The van der Waals surface area contributed by atoms with Gasteiger partial charge in [-0.2, -0.15) is 0 Å². The average molecular weight is 698 g/mol. The highest BCUT2D eigenvalue weighted by Gasteiger charge is 2.29. The third-order valence-corrected chi connectivity index (χ3v) is 8.63.